The second-order valence-electron chi connectivity index (χ2n) is 5.58. The molecule has 0 aliphatic heterocycles. The van der Waals surface area contributed by atoms with Crippen molar-refractivity contribution in [2.75, 3.05) is 6.61 Å². The number of aryl methyl sites for hydroxylation is 2. The minimum atomic E-state index is -2.51. The molecule has 7 heteroatoms. The molecule has 1 heterocycles. The Labute approximate surface area is 139 Å². The molecule has 0 aliphatic carbocycles. The maximum atomic E-state index is 12.2. The molecule has 1 aromatic carbocycles. The van der Waals surface area contributed by atoms with Crippen LogP contribution in [0.15, 0.2) is 24.3 Å². The van der Waals surface area contributed by atoms with Crippen molar-refractivity contribution in [2.24, 2.45) is 7.05 Å². The highest BCUT2D eigenvalue weighted by Crippen LogP contribution is 2.15. The van der Waals surface area contributed by atoms with Crippen LogP contribution in [-0.4, -0.2) is 28.7 Å². The molecule has 0 fully saturated rings. The van der Waals surface area contributed by atoms with E-state index in [9.17, 15) is 13.6 Å². The van der Waals surface area contributed by atoms with Gasteiger partial charge in [-0.2, -0.15) is 5.10 Å². The lowest BCUT2D eigenvalue weighted by Gasteiger charge is -2.09. The molecule has 0 saturated carbocycles. The topological polar surface area (TPSA) is 56.2 Å². The summed E-state index contributed by atoms with van der Waals surface area (Å²) in [6, 6.07) is 6.76. The monoisotopic (exact) mass is 337 g/mol. The fraction of sp³-hybridized carbons (Fsp3) is 0.412. The molecule has 24 heavy (non-hydrogen) atoms. The molecule has 0 aliphatic rings. The number of aromatic nitrogens is 2. The zero-order valence-corrected chi connectivity index (χ0v) is 14.0. The van der Waals surface area contributed by atoms with E-state index < -0.39 is 13.0 Å². The van der Waals surface area contributed by atoms with Gasteiger partial charge < -0.3 is 10.1 Å². The van der Waals surface area contributed by atoms with E-state index in [-0.39, 0.29) is 12.3 Å². The molecule has 2 rings (SSSR count). The van der Waals surface area contributed by atoms with Crippen molar-refractivity contribution in [3.8, 4) is 5.75 Å². The molecule has 5 nitrogen and oxygen atoms in total. The molecule has 0 radical (unpaired) electrons. The van der Waals surface area contributed by atoms with Gasteiger partial charge in [0.25, 0.3) is 6.43 Å². The lowest BCUT2D eigenvalue weighted by molar-refractivity contribution is -0.120. The van der Waals surface area contributed by atoms with E-state index in [0.717, 1.165) is 22.5 Å². The molecule has 0 saturated heterocycles. The van der Waals surface area contributed by atoms with Crippen molar-refractivity contribution in [3.05, 3.63) is 46.8 Å². The molecule has 0 bridgehead atoms. The van der Waals surface area contributed by atoms with Gasteiger partial charge in [-0.1, -0.05) is 12.1 Å². The van der Waals surface area contributed by atoms with Gasteiger partial charge in [0.05, 0.1) is 12.1 Å². The van der Waals surface area contributed by atoms with E-state index in [1.807, 2.05) is 20.9 Å². The van der Waals surface area contributed by atoms with Gasteiger partial charge >= 0.3 is 0 Å². The average molecular weight is 337 g/mol. The largest absolute Gasteiger partial charge is 0.488 e. The number of benzene rings is 1. The number of amides is 1. The first-order valence-electron chi connectivity index (χ1n) is 7.62. The Hall–Kier alpha value is -2.44. The summed E-state index contributed by atoms with van der Waals surface area (Å²) in [5.74, 6) is 0.245. The number of hydrogen-bond donors (Lipinski definition) is 1. The van der Waals surface area contributed by atoms with Gasteiger partial charge in [0.15, 0.2) is 0 Å². The summed E-state index contributed by atoms with van der Waals surface area (Å²) in [6.45, 7) is 3.46. The van der Waals surface area contributed by atoms with Crippen LogP contribution in [0.25, 0.3) is 0 Å². The molecule has 2 aromatic rings. The third-order valence-electron chi connectivity index (χ3n) is 3.76. The summed E-state index contributed by atoms with van der Waals surface area (Å²) >= 11 is 0. The number of carbonyl (C=O) groups excluding carboxylic acids is 1. The van der Waals surface area contributed by atoms with E-state index in [1.54, 1.807) is 28.9 Å². The molecule has 0 unspecified atom stereocenters. The highest BCUT2D eigenvalue weighted by Gasteiger charge is 2.13. The molecule has 130 valence electrons. The second kappa shape index (κ2) is 7.90. The van der Waals surface area contributed by atoms with Crippen molar-refractivity contribution in [3.63, 3.8) is 0 Å². The summed E-state index contributed by atoms with van der Waals surface area (Å²) in [5, 5.41) is 7.11. The third kappa shape index (κ3) is 4.78. The van der Waals surface area contributed by atoms with Crippen LogP contribution in [-0.2, 0) is 24.8 Å². The maximum absolute atomic E-state index is 12.2. The first-order valence-corrected chi connectivity index (χ1v) is 7.62. The van der Waals surface area contributed by atoms with Crippen LogP contribution in [0.4, 0.5) is 8.78 Å². The van der Waals surface area contributed by atoms with Gasteiger partial charge in [-0.25, -0.2) is 8.78 Å². The van der Waals surface area contributed by atoms with Crippen LogP contribution in [0.5, 0.6) is 5.75 Å². The third-order valence-corrected chi connectivity index (χ3v) is 3.76. The van der Waals surface area contributed by atoms with Crippen molar-refractivity contribution >= 4 is 5.91 Å². The Kier molecular flexibility index (Phi) is 5.89. The van der Waals surface area contributed by atoms with Gasteiger partial charge in [0.1, 0.15) is 12.4 Å². The fourth-order valence-electron chi connectivity index (χ4n) is 2.40. The summed E-state index contributed by atoms with van der Waals surface area (Å²) in [6.07, 6.45) is -2.26. The molecule has 0 spiro atoms. The predicted octanol–water partition coefficient (Wildman–Crippen LogP) is 2.54. The molecule has 1 aromatic heterocycles. The maximum Gasteiger partial charge on any atom is 0.272 e. The van der Waals surface area contributed by atoms with Gasteiger partial charge in [-0.15, -0.1) is 0 Å². The zero-order chi connectivity index (χ0) is 17.7. The van der Waals surface area contributed by atoms with Crippen LogP contribution < -0.4 is 10.1 Å². The number of nitrogens with one attached hydrogen (secondary N) is 1. The number of carbonyl (C=O) groups is 1. The fourth-order valence-corrected chi connectivity index (χ4v) is 2.40. The van der Waals surface area contributed by atoms with Crippen LogP contribution in [0.1, 0.15) is 22.5 Å². The number of halogens is 2. The van der Waals surface area contributed by atoms with Gasteiger partial charge in [-0.05, 0) is 31.5 Å². The number of hydrogen-bond acceptors (Lipinski definition) is 3. The van der Waals surface area contributed by atoms with Gasteiger partial charge in [0, 0.05) is 24.8 Å². The van der Waals surface area contributed by atoms with Gasteiger partial charge in [-0.3, -0.25) is 9.48 Å². The summed E-state index contributed by atoms with van der Waals surface area (Å²) in [5.41, 5.74) is 3.51. The smallest absolute Gasteiger partial charge is 0.272 e. The standard InChI is InChI=1S/C17H21F2N3O2/c1-11-15(12(2)22(3)21-11)8-17(23)20-9-13-5-4-6-14(7-13)24-10-16(18)19/h4-7,16H,8-10H2,1-3H3,(H,20,23). The van der Waals surface area contributed by atoms with E-state index in [4.69, 9.17) is 4.74 Å². The lowest BCUT2D eigenvalue weighted by Crippen LogP contribution is -2.25. The summed E-state index contributed by atoms with van der Waals surface area (Å²) in [7, 11) is 1.84. The minimum absolute atomic E-state index is 0.117. The van der Waals surface area contributed by atoms with Crippen molar-refractivity contribution in [1.82, 2.24) is 15.1 Å². The van der Waals surface area contributed by atoms with Crippen molar-refractivity contribution < 1.29 is 18.3 Å². The number of alkyl halides is 2. The van der Waals surface area contributed by atoms with E-state index in [2.05, 4.69) is 10.4 Å². The van der Waals surface area contributed by atoms with E-state index >= 15 is 0 Å². The Morgan fingerprint density at radius 3 is 2.75 bits per heavy atom. The second-order valence-corrected chi connectivity index (χ2v) is 5.58. The highest BCUT2D eigenvalue weighted by atomic mass is 19.3. The van der Waals surface area contributed by atoms with Crippen molar-refractivity contribution in [1.29, 1.82) is 0 Å². The molecule has 1 amide bonds. The van der Waals surface area contributed by atoms with Gasteiger partial charge in [0.2, 0.25) is 5.91 Å². The van der Waals surface area contributed by atoms with Crippen LogP contribution in [0, 0.1) is 13.8 Å². The zero-order valence-electron chi connectivity index (χ0n) is 14.0. The molecule has 1 N–H and O–H groups in total. The minimum Gasteiger partial charge on any atom is -0.488 e. The first kappa shape index (κ1) is 17.9. The molecule has 0 atom stereocenters. The van der Waals surface area contributed by atoms with E-state index in [1.165, 1.54) is 0 Å². The van der Waals surface area contributed by atoms with Crippen molar-refractivity contribution in [2.45, 2.75) is 33.2 Å². The summed E-state index contributed by atoms with van der Waals surface area (Å²) in [4.78, 5) is 12.1. The lowest BCUT2D eigenvalue weighted by atomic mass is 10.1. The Balaban J connectivity index is 1.91. The normalized spacial score (nSPS) is 10.9. The molecular weight excluding hydrogens is 316 g/mol. The quantitative estimate of drug-likeness (QED) is 0.845. The number of ether oxygens (including phenoxy) is 1. The van der Waals surface area contributed by atoms with E-state index in [0.29, 0.717) is 12.3 Å². The molecular formula is C17H21F2N3O2. The number of nitrogens with zero attached hydrogens (tertiary/aromatic N) is 2. The van der Waals surface area contributed by atoms with Crippen LogP contribution in [0.3, 0.4) is 0 Å². The first-order chi connectivity index (χ1) is 11.4. The Morgan fingerprint density at radius 1 is 1.38 bits per heavy atom. The van der Waals surface area contributed by atoms with Crippen LogP contribution in [0.2, 0.25) is 0 Å². The Morgan fingerprint density at radius 2 is 2.12 bits per heavy atom. The SMILES string of the molecule is Cc1nn(C)c(C)c1CC(=O)NCc1cccc(OCC(F)F)c1. The highest BCUT2D eigenvalue weighted by molar-refractivity contribution is 5.79. The van der Waals surface area contributed by atoms with Crippen LogP contribution >= 0.6 is 0 Å². The predicted molar refractivity (Wildman–Crippen MR) is 86.2 cm³/mol. The number of rotatable bonds is 7. The summed E-state index contributed by atoms with van der Waals surface area (Å²) < 4.78 is 31.0. The average Bonchev–Trinajstić information content (AvgIpc) is 2.78. The Bertz CT molecular complexity index is 714.